The fourth-order valence-corrected chi connectivity index (χ4v) is 2.31. The summed E-state index contributed by atoms with van der Waals surface area (Å²) < 4.78 is 11.0. The van der Waals surface area contributed by atoms with Gasteiger partial charge >= 0.3 is 0 Å². The summed E-state index contributed by atoms with van der Waals surface area (Å²) >= 11 is 0. The number of methoxy groups -OCH3 is 1. The van der Waals surface area contributed by atoms with Gasteiger partial charge in [0.15, 0.2) is 0 Å². The van der Waals surface area contributed by atoms with Crippen molar-refractivity contribution in [1.82, 2.24) is 5.32 Å². The Balaban J connectivity index is 1.84. The lowest BCUT2D eigenvalue weighted by Gasteiger charge is -2.25. The maximum Gasteiger partial charge on any atom is 0.119 e. The molecule has 1 aromatic carbocycles. The van der Waals surface area contributed by atoms with Crippen LogP contribution in [0.4, 0.5) is 0 Å². The topological polar surface area (TPSA) is 30.5 Å². The van der Waals surface area contributed by atoms with Gasteiger partial charge in [-0.3, -0.25) is 0 Å². The standard InChI is InChI=1S/C15H23NO2/c1-12(13-6-5-8-14(10-13)17-2)16-11-15-7-3-4-9-18-15/h5-6,8,10,12,15-16H,3-4,7,9,11H2,1-2H3/t12-,15?/m1/s1. The van der Waals surface area contributed by atoms with E-state index in [4.69, 9.17) is 9.47 Å². The third-order valence-electron chi connectivity index (χ3n) is 3.52. The van der Waals surface area contributed by atoms with Crippen LogP contribution in [-0.2, 0) is 4.74 Å². The minimum atomic E-state index is 0.325. The van der Waals surface area contributed by atoms with Crippen LogP contribution in [0.3, 0.4) is 0 Å². The van der Waals surface area contributed by atoms with Gasteiger partial charge in [-0.25, -0.2) is 0 Å². The molecular formula is C15H23NO2. The van der Waals surface area contributed by atoms with Gasteiger partial charge < -0.3 is 14.8 Å². The zero-order valence-corrected chi connectivity index (χ0v) is 11.3. The van der Waals surface area contributed by atoms with Crippen molar-refractivity contribution in [1.29, 1.82) is 0 Å². The van der Waals surface area contributed by atoms with Gasteiger partial charge in [-0.2, -0.15) is 0 Å². The lowest BCUT2D eigenvalue weighted by atomic mass is 10.1. The summed E-state index contributed by atoms with van der Waals surface area (Å²) in [4.78, 5) is 0. The number of rotatable bonds is 5. The van der Waals surface area contributed by atoms with Crippen LogP contribution in [0, 0.1) is 0 Å². The molecule has 0 spiro atoms. The number of ether oxygens (including phenoxy) is 2. The van der Waals surface area contributed by atoms with Crippen molar-refractivity contribution in [3.63, 3.8) is 0 Å². The van der Waals surface area contributed by atoms with Crippen LogP contribution in [0.5, 0.6) is 5.75 Å². The second kappa shape index (κ2) is 6.76. The zero-order valence-electron chi connectivity index (χ0n) is 11.3. The average Bonchev–Trinajstić information content (AvgIpc) is 2.46. The average molecular weight is 249 g/mol. The van der Waals surface area contributed by atoms with Crippen LogP contribution in [0.15, 0.2) is 24.3 Å². The molecule has 1 aliphatic heterocycles. The summed E-state index contributed by atoms with van der Waals surface area (Å²) in [6.07, 6.45) is 4.06. The Bertz CT molecular complexity index is 361. The smallest absolute Gasteiger partial charge is 0.119 e. The van der Waals surface area contributed by atoms with E-state index in [-0.39, 0.29) is 0 Å². The largest absolute Gasteiger partial charge is 0.497 e. The molecule has 1 heterocycles. The van der Waals surface area contributed by atoms with E-state index in [0.29, 0.717) is 12.1 Å². The molecule has 0 aromatic heterocycles. The fourth-order valence-electron chi connectivity index (χ4n) is 2.31. The molecule has 1 N–H and O–H groups in total. The Morgan fingerprint density at radius 1 is 1.44 bits per heavy atom. The van der Waals surface area contributed by atoms with Crippen molar-refractivity contribution in [2.24, 2.45) is 0 Å². The van der Waals surface area contributed by atoms with E-state index in [0.717, 1.165) is 18.9 Å². The van der Waals surface area contributed by atoms with Crippen molar-refractivity contribution in [3.05, 3.63) is 29.8 Å². The van der Waals surface area contributed by atoms with Gasteiger partial charge in [0.25, 0.3) is 0 Å². The highest BCUT2D eigenvalue weighted by Gasteiger charge is 2.15. The SMILES string of the molecule is COc1cccc([C@@H](C)NCC2CCCCO2)c1. The summed E-state index contributed by atoms with van der Waals surface area (Å²) in [5.74, 6) is 0.912. The summed E-state index contributed by atoms with van der Waals surface area (Å²) in [5.41, 5.74) is 1.25. The summed E-state index contributed by atoms with van der Waals surface area (Å²) in [6.45, 7) is 4.02. The molecule has 0 aliphatic carbocycles. The molecule has 0 radical (unpaired) electrons. The zero-order chi connectivity index (χ0) is 12.8. The molecule has 0 saturated carbocycles. The van der Waals surface area contributed by atoms with Gasteiger partial charge in [0.1, 0.15) is 5.75 Å². The lowest BCUT2D eigenvalue weighted by Crippen LogP contribution is -2.33. The van der Waals surface area contributed by atoms with Crippen molar-refractivity contribution in [2.45, 2.75) is 38.3 Å². The highest BCUT2D eigenvalue weighted by Crippen LogP contribution is 2.19. The van der Waals surface area contributed by atoms with E-state index in [9.17, 15) is 0 Å². The third-order valence-corrected chi connectivity index (χ3v) is 3.52. The minimum absolute atomic E-state index is 0.325. The first-order valence-corrected chi connectivity index (χ1v) is 6.78. The monoisotopic (exact) mass is 249 g/mol. The lowest BCUT2D eigenvalue weighted by molar-refractivity contribution is 0.0156. The van der Waals surface area contributed by atoms with Crippen molar-refractivity contribution >= 4 is 0 Å². The van der Waals surface area contributed by atoms with Crippen LogP contribution < -0.4 is 10.1 Å². The quantitative estimate of drug-likeness (QED) is 0.870. The number of nitrogens with one attached hydrogen (secondary N) is 1. The Morgan fingerprint density at radius 2 is 2.33 bits per heavy atom. The Labute approximate surface area is 109 Å². The Kier molecular flexibility index (Phi) is 5.02. The predicted octanol–water partition coefficient (Wildman–Crippen LogP) is 2.91. The van der Waals surface area contributed by atoms with E-state index in [1.165, 1.54) is 24.8 Å². The van der Waals surface area contributed by atoms with E-state index >= 15 is 0 Å². The number of benzene rings is 1. The van der Waals surface area contributed by atoms with Gasteiger partial charge in [0, 0.05) is 19.2 Å². The highest BCUT2D eigenvalue weighted by atomic mass is 16.5. The van der Waals surface area contributed by atoms with Crippen molar-refractivity contribution in [3.8, 4) is 5.75 Å². The fraction of sp³-hybridized carbons (Fsp3) is 0.600. The molecule has 0 amide bonds. The molecular weight excluding hydrogens is 226 g/mol. The van der Waals surface area contributed by atoms with E-state index < -0.39 is 0 Å². The molecule has 1 fully saturated rings. The molecule has 1 saturated heterocycles. The molecule has 1 aromatic rings. The van der Waals surface area contributed by atoms with Crippen LogP contribution in [-0.4, -0.2) is 26.4 Å². The molecule has 2 rings (SSSR count). The van der Waals surface area contributed by atoms with Crippen molar-refractivity contribution in [2.75, 3.05) is 20.3 Å². The maximum absolute atomic E-state index is 5.72. The van der Waals surface area contributed by atoms with Gasteiger partial charge in [0.2, 0.25) is 0 Å². The van der Waals surface area contributed by atoms with Gasteiger partial charge in [-0.05, 0) is 43.9 Å². The summed E-state index contributed by atoms with van der Waals surface area (Å²) in [5, 5.41) is 3.54. The molecule has 0 bridgehead atoms. The second-order valence-corrected chi connectivity index (χ2v) is 4.90. The Hall–Kier alpha value is -1.06. The number of hydrogen-bond donors (Lipinski definition) is 1. The first-order valence-electron chi connectivity index (χ1n) is 6.78. The molecule has 18 heavy (non-hydrogen) atoms. The number of hydrogen-bond acceptors (Lipinski definition) is 3. The van der Waals surface area contributed by atoms with Gasteiger partial charge in [-0.1, -0.05) is 12.1 Å². The van der Waals surface area contributed by atoms with Crippen LogP contribution in [0.1, 0.15) is 37.8 Å². The van der Waals surface area contributed by atoms with Crippen molar-refractivity contribution < 1.29 is 9.47 Å². The summed E-state index contributed by atoms with van der Waals surface area (Å²) in [7, 11) is 1.70. The van der Waals surface area contributed by atoms with Gasteiger partial charge in [-0.15, -0.1) is 0 Å². The Morgan fingerprint density at radius 3 is 3.06 bits per heavy atom. The van der Waals surface area contributed by atoms with Gasteiger partial charge in [0.05, 0.1) is 13.2 Å². The maximum atomic E-state index is 5.72. The van der Waals surface area contributed by atoms with E-state index in [2.05, 4.69) is 24.4 Å². The minimum Gasteiger partial charge on any atom is -0.497 e. The third kappa shape index (κ3) is 3.72. The van der Waals surface area contributed by atoms with Crippen LogP contribution >= 0.6 is 0 Å². The van der Waals surface area contributed by atoms with Crippen LogP contribution in [0.25, 0.3) is 0 Å². The van der Waals surface area contributed by atoms with E-state index in [1.54, 1.807) is 7.11 Å². The molecule has 2 atom stereocenters. The summed E-state index contributed by atoms with van der Waals surface area (Å²) in [6, 6.07) is 8.54. The first-order chi connectivity index (χ1) is 8.79. The molecule has 100 valence electrons. The van der Waals surface area contributed by atoms with E-state index in [1.807, 2.05) is 12.1 Å². The predicted molar refractivity (Wildman–Crippen MR) is 73.0 cm³/mol. The molecule has 1 unspecified atom stereocenters. The molecule has 3 nitrogen and oxygen atoms in total. The normalized spacial score (nSPS) is 21.6. The first kappa shape index (κ1) is 13.4. The van der Waals surface area contributed by atoms with Crippen LogP contribution in [0.2, 0.25) is 0 Å². The molecule has 3 heteroatoms. The second-order valence-electron chi connectivity index (χ2n) is 4.90. The molecule has 1 aliphatic rings. The highest BCUT2D eigenvalue weighted by molar-refractivity contribution is 5.30.